The van der Waals surface area contributed by atoms with Gasteiger partial charge in [0.1, 0.15) is 23.1 Å². The van der Waals surface area contributed by atoms with Gasteiger partial charge in [-0.1, -0.05) is 6.07 Å². The molecule has 0 N–H and O–H groups in total. The minimum atomic E-state index is -0.0498. The molecule has 0 atom stereocenters. The second kappa shape index (κ2) is 6.72. The fourth-order valence-corrected chi connectivity index (χ4v) is 2.44. The van der Waals surface area contributed by atoms with Crippen LogP contribution in [0.15, 0.2) is 23.6 Å². The molecule has 0 spiro atoms. The number of aryl methyl sites for hydroxylation is 2. The Morgan fingerprint density at radius 3 is 2.76 bits per heavy atom. The van der Waals surface area contributed by atoms with E-state index in [4.69, 9.17) is 4.74 Å². The number of carbonyl (C=O) groups excluding carboxylic acids is 1. The van der Waals surface area contributed by atoms with Gasteiger partial charge in [0, 0.05) is 19.0 Å². The van der Waals surface area contributed by atoms with Crippen molar-refractivity contribution in [2.24, 2.45) is 0 Å². The second-order valence-electron chi connectivity index (χ2n) is 4.98. The maximum Gasteiger partial charge on any atom is 0.273 e. The highest BCUT2D eigenvalue weighted by Gasteiger charge is 2.14. The summed E-state index contributed by atoms with van der Waals surface area (Å²) in [6, 6.07) is 6.00. The Labute approximate surface area is 129 Å². The normalized spacial score (nSPS) is 10.5. The Morgan fingerprint density at radius 1 is 1.33 bits per heavy atom. The fourth-order valence-electron chi connectivity index (χ4n) is 1.76. The van der Waals surface area contributed by atoms with E-state index in [9.17, 15) is 4.79 Å². The van der Waals surface area contributed by atoms with Gasteiger partial charge < -0.3 is 9.64 Å². The van der Waals surface area contributed by atoms with Gasteiger partial charge in [-0.05, 0) is 44.0 Å². The molecule has 5 heteroatoms. The second-order valence-corrected chi connectivity index (χ2v) is 5.92. The third-order valence-electron chi connectivity index (χ3n) is 3.43. The van der Waals surface area contributed by atoms with E-state index in [-0.39, 0.29) is 5.91 Å². The Hall–Kier alpha value is -1.88. The molecule has 21 heavy (non-hydrogen) atoms. The number of rotatable bonds is 5. The summed E-state index contributed by atoms with van der Waals surface area (Å²) >= 11 is 1.45. The average Bonchev–Trinajstić information content (AvgIpc) is 2.95. The molecule has 2 aromatic rings. The summed E-state index contributed by atoms with van der Waals surface area (Å²) < 4.78 is 5.73. The van der Waals surface area contributed by atoms with Gasteiger partial charge in [0.25, 0.3) is 5.91 Å². The molecule has 1 aromatic heterocycles. The SMILES string of the molecule is CCN(C)C(=O)c1csc(COc2ccc(C)c(C)c2)n1. The molecule has 0 radical (unpaired) electrons. The maximum absolute atomic E-state index is 12.0. The molecule has 2 rings (SSSR count). The predicted molar refractivity (Wildman–Crippen MR) is 85.0 cm³/mol. The average molecular weight is 304 g/mol. The summed E-state index contributed by atoms with van der Waals surface area (Å²) in [4.78, 5) is 18.0. The van der Waals surface area contributed by atoms with Crippen molar-refractivity contribution >= 4 is 17.2 Å². The lowest BCUT2D eigenvalue weighted by Gasteiger charge is -2.11. The van der Waals surface area contributed by atoms with Gasteiger partial charge in [-0.25, -0.2) is 4.98 Å². The molecule has 112 valence electrons. The molecule has 4 nitrogen and oxygen atoms in total. The van der Waals surface area contributed by atoms with Crippen LogP contribution in [0.4, 0.5) is 0 Å². The summed E-state index contributed by atoms with van der Waals surface area (Å²) in [5.74, 6) is 0.776. The molecule has 0 unspecified atom stereocenters. The van der Waals surface area contributed by atoms with Crippen LogP contribution in [0.2, 0.25) is 0 Å². The molecule has 0 aliphatic heterocycles. The lowest BCUT2D eigenvalue weighted by atomic mass is 10.1. The molecule has 0 saturated heterocycles. The van der Waals surface area contributed by atoms with Crippen LogP contribution in [0, 0.1) is 13.8 Å². The number of ether oxygens (including phenoxy) is 1. The first-order chi connectivity index (χ1) is 10.0. The number of hydrogen-bond donors (Lipinski definition) is 0. The Kier molecular flexibility index (Phi) is 4.96. The Balaban J connectivity index is 1.99. The van der Waals surface area contributed by atoms with Crippen LogP contribution in [0.25, 0.3) is 0 Å². The van der Waals surface area contributed by atoms with Crippen LogP contribution in [-0.2, 0) is 6.61 Å². The number of benzene rings is 1. The topological polar surface area (TPSA) is 42.4 Å². The summed E-state index contributed by atoms with van der Waals surface area (Å²) in [6.07, 6.45) is 0. The van der Waals surface area contributed by atoms with Crippen LogP contribution in [0.5, 0.6) is 5.75 Å². The van der Waals surface area contributed by atoms with Gasteiger partial charge in [0.15, 0.2) is 0 Å². The zero-order valence-electron chi connectivity index (χ0n) is 12.8. The molecular weight excluding hydrogens is 284 g/mol. The van der Waals surface area contributed by atoms with Crippen molar-refractivity contribution in [1.82, 2.24) is 9.88 Å². The molecule has 1 amide bonds. The monoisotopic (exact) mass is 304 g/mol. The van der Waals surface area contributed by atoms with Gasteiger partial charge in [-0.15, -0.1) is 11.3 Å². The quantitative estimate of drug-likeness (QED) is 0.850. The van der Waals surface area contributed by atoms with Gasteiger partial charge in [0.2, 0.25) is 0 Å². The van der Waals surface area contributed by atoms with Crippen molar-refractivity contribution in [3.8, 4) is 5.75 Å². The third-order valence-corrected chi connectivity index (χ3v) is 4.25. The molecular formula is C16H20N2O2S. The third kappa shape index (κ3) is 3.82. The zero-order chi connectivity index (χ0) is 15.4. The number of nitrogens with zero attached hydrogens (tertiary/aromatic N) is 2. The zero-order valence-corrected chi connectivity index (χ0v) is 13.7. The largest absolute Gasteiger partial charge is 0.486 e. The molecule has 0 saturated carbocycles. The standard InChI is InChI=1S/C16H20N2O2S/c1-5-18(4)16(19)14-10-21-15(17-14)9-20-13-7-6-11(2)12(3)8-13/h6-8,10H,5,9H2,1-4H3. The van der Waals surface area contributed by atoms with Gasteiger partial charge in [-0.3, -0.25) is 4.79 Å². The van der Waals surface area contributed by atoms with E-state index in [1.54, 1.807) is 17.3 Å². The number of aromatic nitrogens is 1. The first-order valence-corrected chi connectivity index (χ1v) is 7.79. The first-order valence-electron chi connectivity index (χ1n) is 6.91. The predicted octanol–water partition coefficient (Wildman–Crippen LogP) is 3.43. The van der Waals surface area contributed by atoms with Crippen LogP contribution in [0.1, 0.15) is 33.5 Å². The van der Waals surface area contributed by atoms with E-state index in [1.165, 1.54) is 22.5 Å². The van der Waals surface area contributed by atoms with Crippen molar-refractivity contribution in [1.29, 1.82) is 0 Å². The highest BCUT2D eigenvalue weighted by molar-refractivity contribution is 7.09. The highest BCUT2D eigenvalue weighted by atomic mass is 32.1. The van der Waals surface area contributed by atoms with Gasteiger partial charge >= 0.3 is 0 Å². The van der Waals surface area contributed by atoms with Crippen LogP contribution in [-0.4, -0.2) is 29.4 Å². The molecule has 0 aliphatic carbocycles. The van der Waals surface area contributed by atoms with Crippen molar-refractivity contribution in [3.63, 3.8) is 0 Å². The summed E-state index contributed by atoms with van der Waals surface area (Å²) in [5.41, 5.74) is 2.93. The van der Waals surface area contributed by atoms with Crippen molar-refractivity contribution < 1.29 is 9.53 Å². The lowest BCUT2D eigenvalue weighted by molar-refractivity contribution is 0.0797. The molecule has 0 aliphatic rings. The van der Waals surface area contributed by atoms with E-state index in [1.807, 2.05) is 25.1 Å². The lowest BCUT2D eigenvalue weighted by Crippen LogP contribution is -2.26. The number of hydrogen-bond acceptors (Lipinski definition) is 4. The minimum absolute atomic E-state index is 0.0498. The van der Waals surface area contributed by atoms with E-state index < -0.39 is 0 Å². The maximum atomic E-state index is 12.0. The number of amides is 1. The highest BCUT2D eigenvalue weighted by Crippen LogP contribution is 2.19. The molecule has 0 fully saturated rings. The number of thiazole rings is 1. The van der Waals surface area contributed by atoms with Crippen LogP contribution >= 0.6 is 11.3 Å². The summed E-state index contributed by atoms with van der Waals surface area (Å²) in [5, 5.41) is 2.59. The fraction of sp³-hybridized carbons (Fsp3) is 0.375. The summed E-state index contributed by atoms with van der Waals surface area (Å²) in [7, 11) is 1.77. The first kappa shape index (κ1) is 15.5. The molecule has 1 aromatic carbocycles. The molecule has 1 heterocycles. The summed E-state index contributed by atoms with van der Waals surface area (Å²) in [6.45, 7) is 7.13. The Bertz CT molecular complexity index is 637. The van der Waals surface area contributed by atoms with E-state index in [0.717, 1.165) is 10.8 Å². The van der Waals surface area contributed by atoms with Crippen molar-refractivity contribution in [2.45, 2.75) is 27.4 Å². The van der Waals surface area contributed by atoms with Gasteiger partial charge in [-0.2, -0.15) is 0 Å². The van der Waals surface area contributed by atoms with E-state index >= 15 is 0 Å². The smallest absolute Gasteiger partial charge is 0.273 e. The Morgan fingerprint density at radius 2 is 2.10 bits per heavy atom. The van der Waals surface area contributed by atoms with Gasteiger partial charge in [0.05, 0.1) is 0 Å². The van der Waals surface area contributed by atoms with Crippen molar-refractivity contribution in [2.75, 3.05) is 13.6 Å². The minimum Gasteiger partial charge on any atom is -0.486 e. The van der Waals surface area contributed by atoms with E-state index in [0.29, 0.717) is 18.8 Å². The van der Waals surface area contributed by atoms with E-state index in [2.05, 4.69) is 18.8 Å². The number of carbonyl (C=O) groups is 1. The van der Waals surface area contributed by atoms with Crippen LogP contribution in [0.3, 0.4) is 0 Å². The van der Waals surface area contributed by atoms with Crippen LogP contribution < -0.4 is 4.74 Å². The molecule has 0 bridgehead atoms. The van der Waals surface area contributed by atoms with Crippen molar-refractivity contribution in [3.05, 3.63) is 45.4 Å².